The third kappa shape index (κ3) is 4.68. The van der Waals surface area contributed by atoms with Gasteiger partial charge in [0.2, 0.25) is 11.8 Å². The molecular weight excluding hydrogens is 252 g/mol. The van der Waals surface area contributed by atoms with Crippen molar-refractivity contribution in [1.29, 1.82) is 0 Å². The van der Waals surface area contributed by atoms with Crippen LogP contribution in [0.4, 0.5) is 0 Å². The van der Waals surface area contributed by atoms with Crippen molar-refractivity contribution in [2.45, 2.75) is 40.5 Å². The lowest BCUT2D eigenvalue weighted by atomic mass is 9.92. The van der Waals surface area contributed by atoms with Crippen LogP contribution in [0.2, 0.25) is 0 Å². The van der Waals surface area contributed by atoms with E-state index in [1.807, 2.05) is 0 Å². The van der Waals surface area contributed by atoms with Crippen molar-refractivity contribution in [3.05, 3.63) is 34.9 Å². The Morgan fingerprint density at radius 3 is 2.45 bits per heavy atom. The molecule has 110 valence electrons. The van der Waals surface area contributed by atoms with Gasteiger partial charge in [0.15, 0.2) is 0 Å². The second kappa shape index (κ2) is 6.55. The zero-order valence-corrected chi connectivity index (χ0v) is 12.7. The fraction of sp³-hybridized carbons (Fsp3) is 0.500. The van der Waals surface area contributed by atoms with E-state index < -0.39 is 11.3 Å². The van der Waals surface area contributed by atoms with Gasteiger partial charge in [-0.2, -0.15) is 0 Å². The summed E-state index contributed by atoms with van der Waals surface area (Å²) < 4.78 is 0. The van der Waals surface area contributed by atoms with Crippen LogP contribution in [-0.4, -0.2) is 18.4 Å². The Kier molecular flexibility index (Phi) is 5.31. The SMILES string of the molecule is Cc1ccc(CCC(=O)NCC(C)(C)C(N)=O)c(C)c1. The maximum absolute atomic E-state index is 11.8. The average Bonchev–Trinajstić information content (AvgIpc) is 2.35. The molecule has 3 N–H and O–H groups in total. The summed E-state index contributed by atoms with van der Waals surface area (Å²) in [7, 11) is 0. The van der Waals surface area contributed by atoms with E-state index >= 15 is 0 Å². The fourth-order valence-electron chi connectivity index (χ4n) is 1.87. The van der Waals surface area contributed by atoms with Gasteiger partial charge in [-0.25, -0.2) is 0 Å². The standard InChI is InChI=1S/C16H24N2O2/c1-11-5-6-13(12(2)9-11)7-8-14(19)18-10-16(3,4)15(17)20/h5-6,9H,7-8,10H2,1-4H3,(H2,17,20)(H,18,19). The number of carbonyl (C=O) groups excluding carboxylic acids is 2. The summed E-state index contributed by atoms with van der Waals surface area (Å²) in [5.41, 5.74) is 8.16. The Bertz CT molecular complexity index is 507. The normalized spacial score (nSPS) is 11.2. The Labute approximate surface area is 120 Å². The second-order valence-corrected chi connectivity index (χ2v) is 5.95. The number of primary amides is 1. The van der Waals surface area contributed by atoms with Crippen molar-refractivity contribution in [3.63, 3.8) is 0 Å². The van der Waals surface area contributed by atoms with Crippen molar-refractivity contribution < 1.29 is 9.59 Å². The predicted molar refractivity (Wildman–Crippen MR) is 80.2 cm³/mol. The van der Waals surface area contributed by atoms with Crippen LogP contribution >= 0.6 is 0 Å². The summed E-state index contributed by atoms with van der Waals surface area (Å²) in [6.45, 7) is 7.82. The smallest absolute Gasteiger partial charge is 0.224 e. The molecule has 4 nitrogen and oxygen atoms in total. The van der Waals surface area contributed by atoms with Crippen molar-refractivity contribution in [2.24, 2.45) is 11.1 Å². The van der Waals surface area contributed by atoms with Crippen LogP contribution in [-0.2, 0) is 16.0 Å². The molecule has 1 rings (SSSR count). The van der Waals surface area contributed by atoms with Gasteiger partial charge in [0.1, 0.15) is 0 Å². The largest absolute Gasteiger partial charge is 0.369 e. The summed E-state index contributed by atoms with van der Waals surface area (Å²) >= 11 is 0. The van der Waals surface area contributed by atoms with Gasteiger partial charge in [-0.05, 0) is 45.2 Å². The molecule has 0 bridgehead atoms. The van der Waals surface area contributed by atoms with E-state index in [4.69, 9.17) is 5.73 Å². The van der Waals surface area contributed by atoms with Crippen LogP contribution in [0.3, 0.4) is 0 Å². The molecule has 0 aliphatic rings. The highest BCUT2D eigenvalue weighted by Gasteiger charge is 2.25. The van der Waals surface area contributed by atoms with Gasteiger partial charge in [-0.15, -0.1) is 0 Å². The average molecular weight is 276 g/mol. The monoisotopic (exact) mass is 276 g/mol. The van der Waals surface area contributed by atoms with Crippen molar-refractivity contribution in [1.82, 2.24) is 5.32 Å². The molecule has 20 heavy (non-hydrogen) atoms. The highest BCUT2D eigenvalue weighted by atomic mass is 16.2. The number of nitrogens with two attached hydrogens (primary N) is 1. The lowest BCUT2D eigenvalue weighted by molar-refractivity contribution is -0.127. The van der Waals surface area contributed by atoms with E-state index in [1.54, 1.807) is 13.8 Å². The molecule has 2 amide bonds. The number of rotatable bonds is 6. The zero-order valence-electron chi connectivity index (χ0n) is 12.7. The van der Waals surface area contributed by atoms with Gasteiger partial charge >= 0.3 is 0 Å². The summed E-state index contributed by atoms with van der Waals surface area (Å²) in [6.07, 6.45) is 1.12. The molecule has 0 saturated heterocycles. The van der Waals surface area contributed by atoms with Gasteiger partial charge in [0.05, 0.1) is 5.41 Å². The number of nitrogens with one attached hydrogen (secondary N) is 1. The van der Waals surface area contributed by atoms with Gasteiger partial charge in [-0.3, -0.25) is 9.59 Å². The summed E-state index contributed by atoms with van der Waals surface area (Å²) in [5, 5.41) is 2.77. The summed E-state index contributed by atoms with van der Waals surface area (Å²) in [5.74, 6) is -0.466. The first-order valence-corrected chi connectivity index (χ1v) is 6.85. The molecule has 0 heterocycles. The molecule has 0 saturated carbocycles. The van der Waals surface area contributed by atoms with Gasteiger partial charge in [0, 0.05) is 13.0 Å². The van der Waals surface area contributed by atoms with Crippen LogP contribution in [0, 0.1) is 19.3 Å². The van der Waals surface area contributed by atoms with Crippen molar-refractivity contribution in [3.8, 4) is 0 Å². The number of aryl methyl sites for hydroxylation is 3. The number of carbonyl (C=O) groups is 2. The maximum Gasteiger partial charge on any atom is 0.224 e. The number of amides is 2. The minimum atomic E-state index is -0.713. The lowest BCUT2D eigenvalue weighted by Gasteiger charge is -2.20. The molecule has 0 unspecified atom stereocenters. The molecule has 0 spiro atoms. The van der Waals surface area contributed by atoms with Crippen LogP contribution in [0.5, 0.6) is 0 Å². The maximum atomic E-state index is 11.8. The molecular formula is C16H24N2O2. The quantitative estimate of drug-likeness (QED) is 0.832. The first kappa shape index (κ1) is 16.2. The third-order valence-corrected chi connectivity index (χ3v) is 3.51. The predicted octanol–water partition coefficient (Wildman–Crippen LogP) is 1.86. The Morgan fingerprint density at radius 2 is 1.90 bits per heavy atom. The number of hydrogen-bond donors (Lipinski definition) is 2. The Hall–Kier alpha value is -1.84. The molecule has 4 heteroatoms. The zero-order chi connectivity index (χ0) is 15.3. The molecule has 0 fully saturated rings. The second-order valence-electron chi connectivity index (χ2n) is 5.95. The molecule has 0 aliphatic heterocycles. The van der Waals surface area contributed by atoms with Gasteiger partial charge in [0.25, 0.3) is 0 Å². The number of benzene rings is 1. The van der Waals surface area contributed by atoms with Crippen LogP contribution in [0.25, 0.3) is 0 Å². The van der Waals surface area contributed by atoms with E-state index in [2.05, 4.69) is 37.4 Å². The summed E-state index contributed by atoms with van der Waals surface area (Å²) in [6, 6.07) is 6.23. The molecule has 0 aliphatic carbocycles. The molecule has 1 aromatic rings. The third-order valence-electron chi connectivity index (χ3n) is 3.51. The minimum absolute atomic E-state index is 0.0562. The first-order valence-electron chi connectivity index (χ1n) is 6.85. The van der Waals surface area contributed by atoms with E-state index in [9.17, 15) is 9.59 Å². The number of hydrogen-bond acceptors (Lipinski definition) is 2. The topological polar surface area (TPSA) is 72.2 Å². The molecule has 0 aromatic heterocycles. The molecule has 0 radical (unpaired) electrons. The molecule has 1 aromatic carbocycles. The van der Waals surface area contributed by atoms with Crippen LogP contribution in [0.15, 0.2) is 18.2 Å². The van der Waals surface area contributed by atoms with E-state index in [1.165, 1.54) is 16.7 Å². The van der Waals surface area contributed by atoms with E-state index in [-0.39, 0.29) is 12.5 Å². The minimum Gasteiger partial charge on any atom is -0.369 e. The highest BCUT2D eigenvalue weighted by Crippen LogP contribution is 2.14. The highest BCUT2D eigenvalue weighted by molar-refractivity contribution is 5.82. The summed E-state index contributed by atoms with van der Waals surface area (Å²) in [4.78, 5) is 23.0. The van der Waals surface area contributed by atoms with E-state index in [0.717, 1.165) is 0 Å². The van der Waals surface area contributed by atoms with Gasteiger partial charge < -0.3 is 11.1 Å². The van der Waals surface area contributed by atoms with Crippen LogP contribution < -0.4 is 11.1 Å². The van der Waals surface area contributed by atoms with Gasteiger partial charge in [-0.1, -0.05) is 23.8 Å². The van der Waals surface area contributed by atoms with Crippen molar-refractivity contribution >= 4 is 11.8 Å². The first-order chi connectivity index (χ1) is 9.22. The Morgan fingerprint density at radius 1 is 1.25 bits per heavy atom. The van der Waals surface area contributed by atoms with Crippen LogP contribution in [0.1, 0.15) is 37.0 Å². The molecule has 0 atom stereocenters. The van der Waals surface area contributed by atoms with Crippen molar-refractivity contribution in [2.75, 3.05) is 6.54 Å². The fourth-order valence-corrected chi connectivity index (χ4v) is 1.87. The lowest BCUT2D eigenvalue weighted by Crippen LogP contribution is -2.42. The Balaban J connectivity index is 2.46. The van der Waals surface area contributed by atoms with E-state index in [0.29, 0.717) is 12.8 Å².